The van der Waals surface area contributed by atoms with Crippen LogP contribution in [0.15, 0.2) is 24.3 Å². The average Bonchev–Trinajstić information content (AvgIpc) is 3.69. The van der Waals surface area contributed by atoms with Gasteiger partial charge in [0.2, 0.25) is 59.1 Å². The Balaban J connectivity index is 3.34. The fourth-order valence-corrected chi connectivity index (χ4v) is 10.3. The molecule has 0 aromatic heterocycles. The first kappa shape index (κ1) is 80.3. The third-order valence-electron chi connectivity index (χ3n) is 14.9. The molecule has 0 saturated heterocycles. The summed E-state index contributed by atoms with van der Waals surface area (Å²) in [5, 5.41) is 44.1. The number of rotatable bonds is 52. The quantitative estimate of drug-likeness (QED) is 0.0253. The van der Waals surface area contributed by atoms with E-state index >= 15 is 0 Å². The van der Waals surface area contributed by atoms with Crippen molar-refractivity contribution < 1.29 is 53.1 Å². The van der Waals surface area contributed by atoms with E-state index in [1.807, 2.05) is 20.1 Å². The second-order valence-corrected chi connectivity index (χ2v) is 24.2. The first-order valence-electron chi connectivity index (χ1n) is 32.2. The first-order valence-corrected chi connectivity index (χ1v) is 33.6. The maximum Gasteiger partial charge on any atom is 0.243 e. The van der Waals surface area contributed by atoms with E-state index in [1.54, 1.807) is 0 Å². The van der Waals surface area contributed by atoms with Crippen LogP contribution >= 0.6 is 11.8 Å². The minimum Gasteiger partial charge on any atom is -0.508 e. The zero-order valence-corrected chi connectivity index (χ0v) is 54.6. The minimum atomic E-state index is -1.53. The Hall–Kier alpha value is -6.74. The number of hydrogen-bond donors (Lipinski definition) is 16. The number of aromatic hydroxyl groups is 1. The number of benzene rings is 1. The molecule has 0 fully saturated rings. The van der Waals surface area contributed by atoms with Gasteiger partial charge in [0.05, 0.1) is 6.54 Å². The molecule has 1 aromatic carbocycles. The summed E-state index contributed by atoms with van der Waals surface area (Å²) >= 11 is 1.49. The lowest BCUT2D eigenvalue weighted by atomic mass is 10.0. The predicted octanol–water partition coefficient (Wildman–Crippen LogP) is 2.26. The predicted molar refractivity (Wildman–Crippen MR) is 349 cm³/mol. The highest BCUT2D eigenvalue weighted by molar-refractivity contribution is 7.98. The van der Waals surface area contributed by atoms with Crippen LogP contribution < -0.4 is 76.1 Å². The SMILES string of the molecule is CCCCCCCCCCCCCCCC(=O)N[C@@H](CCSC)C(=O)NCC(=O)N[C@@H](Cc1ccc(O)cc1)C(=O)N[C@@H](CCC(N)=O)C(=O)N[C@@H](CCCCN)C(=O)N[C@@H](CCCCN)C(=O)N[C@@H](CC(C)C)C(=O)N[C@@H](CCCNC(=N)N)C(=O)NC. The van der Waals surface area contributed by atoms with Crippen LogP contribution in [0.3, 0.4) is 0 Å². The Labute approximate surface area is 532 Å². The normalized spacial score (nSPS) is 13.4. The number of phenolic OH excluding ortho intramolecular Hbond substituents is 1. The number of nitrogens with one attached hydrogen (secondary N) is 11. The zero-order valence-electron chi connectivity index (χ0n) is 53.8. The van der Waals surface area contributed by atoms with Gasteiger partial charge in [0.25, 0.3) is 0 Å². The van der Waals surface area contributed by atoms with Gasteiger partial charge < -0.3 is 81.2 Å². The largest absolute Gasteiger partial charge is 0.508 e. The van der Waals surface area contributed by atoms with Gasteiger partial charge in [0, 0.05) is 32.9 Å². The number of primary amides is 1. The van der Waals surface area contributed by atoms with Crippen LogP contribution in [0.1, 0.15) is 193 Å². The Bertz CT molecular complexity index is 2280. The maximum atomic E-state index is 14.4. The molecule has 27 heteroatoms. The van der Waals surface area contributed by atoms with Gasteiger partial charge in [-0.15, -0.1) is 0 Å². The molecule has 0 aliphatic heterocycles. The number of carbonyl (C=O) groups is 10. The van der Waals surface area contributed by atoms with Crippen LogP contribution in [0.4, 0.5) is 0 Å². The second-order valence-electron chi connectivity index (χ2n) is 23.2. The summed E-state index contributed by atoms with van der Waals surface area (Å²) in [5.41, 5.74) is 23.0. The van der Waals surface area contributed by atoms with Gasteiger partial charge in [-0.2, -0.15) is 11.8 Å². The van der Waals surface area contributed by atoms with Gasteiger partial charge in [0.1, 0.15) is 48.0 Å². The molecule has 0 aliphatic carbocycles. The highest BCUT2D eigenvalue weighted by atomic mass is 32.2. The van der Waals surface area contributed by atoms with Crippen molar-refractivity contribution in [2.24, 2.45) is 28.9 Å². The molecule has 0 radical (unpaired) electrons. The minimum absolute atomic E-state index is 0.0101. The van der Waals surface area contributed by atoms with Crippen molar-refractivity contribution in [2.75, 3.05) is 45.2 Å². The molecule has 26 nitrogen and oxygen atoms in total. The zero-order chi connectivity index (χ0) is 66.4. The van der Waals surface area contributed by atoms with Crippen molar-refractivity contribution in [2.45, 2.75) is 236 Å². The molecular weight excluding hydrogens is 1160 g/mol. The van der Waals surface area contributed by atoms with Gasteiger partial charge in [-0.3, -0.25) is 53.4 Å². The van der Waals surface area contributed by atoms with Gasteiger partial charge in [-0.25, -0.2) is 0 Å². The standard InChI is InChI=1S/C62H111N15O11S/c1-6-7-8-9-10-11-12-13-14-15-16-17-18-27-53(80)71-49(34-38-89-5)56(83)70-41-54(81)72-51(40-43-28-30-44(78)31-29-43)61(88)76-48(32-33-52(65)79)59(86)75-46(24-19-21-35-63)57(84)74-47(25-20-22-36-64)58(85)77-50(39-42(2)3)60(87)73-45(55(82)68-4)26-23-37-69-62(66)67/h28-31,42,45-51,78H,6-27,32-41,63-64H2,1-5H3,(H2,65,79)(H,68,82)(H,70,83)(H,71,80)(H,72,81)(H,73,87)(H,74,84)(H,75,86)(H,76,88)(H,77,85)(H4,66,67,69)/t45-,46-,47-,48-,49-,50-,51-/m0/s1. The Morgan fingerprint density at radius 2 is 0.933 bits per heavy atom. The van der Waals surface area contributed by atoms with Crippen molar-refractivity contribution in [1.82, 2.24) is 53.2 Å². The van der Waals surface area contributed by atoms with Crippen LogP contribution in [-0.2, 0) is 54.4 Å². The molecule has 0 spiro atoms. The number of hydrogen-bond acceptors (Lipinski definition) is 15. The fraction of sp³-hybridized carbons (Fsp3) is 0.726. The van der Waals surface area contributed by atoms with Crippen LogP contribution in [0.5, 0.6) is 5.75 Å². The van der Waals surface area contributed by atoms with Gasteiger partial charge in [-0.05, 0) is 126 Å². The third-order valence-corrected chi connectivity index (χ3v) is 15.5. The average molecular weight is 1270 g/mol. The summed E-state index contributed by atoms with van der Waals surface area (Å²) in [6, 6.07) is -2.81. The molecule has 1 rings (SSSR count). The number of guanidine groups is 1. The van der Waals surface area contributed by atoms with Crippen molar-refractivity contribution in [1.29, 1.82) is 5.41 Å². The first-order chi connectivity index (χ1) is 42.6. The van der Waals surface area contributed by atoms with E-state index in [4.69, 9.17) is 28.3 Å². The molecule has 0 aliphatic rings. The van der Waals surface area contributed by atoms with Crippen molar-refractivity contribution >= 4 is 76.8 Å². The van der Waals surface area contributed by atoms with E-state index in [2.05, 4.69) is 60.1 Å². The van der Waals surface area contributed by atoms with E-state index in [0.717, 1.165) is 19.3 Å². The Kier molecular flexibility index (Phi) is 44.3. The molecule has 10 amide bonds. The molecule has 0 unspecified atom stereocenters. The number of carbonyl (C=O) groups excluding carboxylic acids is 10. The lowest BCUT2D eigenvalue weighted by Crippen LogP contribution is -2.60. The number of unbranched alkanes of at least 4 members (excludes halogenated alkanes) is 14. The summed E-state index contributed by atoms with van der Waals surface area (Å²) in [5.74, 6) is -6.83. The van der Waals surface area contributed by atoms with Crippen LogP contribution in [-0.4, -0.2) is 158 Å². The summed E-state index contributed by atoms with van der Waals surface area (Å²) in [6.07, 6.45) is 19.0. The molecule has 1 aromatic rings. The fourth-order valence-electron chi connectivity index (χ4n) is 9.80. The number of amides is 10. The molecule has 7 atom stereocenters. The van der Waals surface area contributed by atoms with E-state index in [-0.39, 0.29) is 88.1 Å². The van der Waals surface area contributed by atoms with E-state index in [0.29, 0.717) is 56.3 Å². The van der Waals surface area contributed by atoms with E-state index in [9.17, 15) is 53.1 Å². The number of likely N-dealkylation sites (N-methyl/N-ethyl adjacent to an activating group) is 1. The summed E-state index contributed by atoms with van der Waals surface area (Å²) in [6.45, 7) is 6.09. The van der Waals surface area contributed by atoms with Crippen molar-refractivity contribution in [3.63, 3.8) is 0 Å². The van der Waals surface area contributed by atoms with Crippen LogP contribution in [0, 0.1) is 11.3 Å². The maximum absolute atomic E-state index is 14.4. The molecule has 20 N–H and O–H groups in total. The van der Waals surface area contributed by atoms with Crippen LogP contribution in [0.25, 0.3) is 0 Å². The van der Waals surface area contributed by atoms with E-state index in [1.165, 1.54) is 101 Å². The van der Waals surface area contributed by atoms with Crippen molar-refractivity contribution in [3.05, 3.63) is 29.8 Å². The topological polar surface area (TPSA) is 439 Å². The lowest BCUT2D eigenvalue weighted by molar-refractivity contribution is -0.136. The second kappa shape index (κ2) is 49.1. The summed E-state index contributed by atoms with van der Waals surface area (Å²) in [4.78, 5) is 137. The monoisotopic (exact) mass is 1270 g/mol. The summed E-state index contributed by atoms with van der Waals surface area (Å²) in [7, 11) is 1.42. The number of phenols is 1. The molecule has 89 heavy (non-hydrogen) atoms. The van der Waals surface area contributed by atoms with Gasteiger partial charge in [0.15, 0.2) is 5.96 Å². The highest BCUT2D eigenvalue weighted by Crippen LogP contribution is 2.16. The molecule has 0 heterocycles. The van der Waals surface area contributed by atoms with E-state index < -0.39 is 108 Å². The smallest absolute Gasteiger partial charge is 0.243 e. The Morgan fingerprint density at radius 1 is 0.494 bits per heavy atom. The molecule has 0 saturated carbocycles. The Morgan fingerprint density at radius 3 is 1.40 bits per heavy atom. The highest BCUT2D eigenvalue weighted by Gasteiger charge is 2.34. The van der Waals surface area contributed by atoms with Gasteiger partial charge >= 0.3 is 0 Å². The van der Waals surface area contributed by atoms with Crippen LogP contribution in [0.2, 0.25) is 0 Å². The molecule has 0 bridgehead atoms. The van der Waals surface area contributed by atoms with Gasteiger partial charge in [-0.1, -0.05) is 110 Å². The van der Waals surface area contributed by atoms with Crippen molar-refractivity contribution in [3.8, 4) is 5.75 Å². The number of nitrogens with two attached hydrogens (primary N) is 4. The molecular formula is C62H111N15O11S. The third kappa shape index (κ3) is 38.4. The summed E-state index contributed by atoms with van der Waals surface area (Å²) < 4.78 is 0. The number of thioether (sulfide) groups is 1. The lowest BCUT2D eigenvalue weighted by Gasteiger charge is -2.28. The molecule has 506 valence electrons.